The molecule has 1 heterocycles. The molecule has 4 rings (SSSR count). The van der Waals surface area contributed by atoms with Crippen LogP contribution in [0.15, 0.2) is 76.1 Å². The van der Waals surface area contributed by atoms with Gasteiger partial charge in [-0.3, -0.25) is 15.0 Å². The van der Waals surface area contributed by atoms with E-state index in [1.54, 1.807) is 18.2 Å². The van der Waals surface area contributed by atoms with Crippen molar-refractivity contribution in [2.75, 3.05) is 0 Å². The van der Waals surface area contributed by atoms with Gasteiger partial charge in [-0.15, -0.1) is 0 Å². The Morgan fingerprint density at radius 1 is 1.06 bits per heavy atom. The average Bonchev–Trinajstić information content (AvgIpc) is 3.07. The number of benzene rings is 3. The van der Waals surface area contributed by atoms with Gasteiger partial charge in [0.25, 0.3) is 11.8 Å². The summed E-state index contributed by atoms with van der Waals surface area (Å²) in [6, 6.07) is 20.8. The number of hydrazine groups is 1. The highest BCUT2D eigenvalue weighted by molar-refractivity contribution is 9.10. The van der Waals surface area contributed by atoms with Crippen LogP contribution in [0.2, 0.25) is 0 Å². The largest absolute Gasteiger partial charge is 0.488 e. The molecule has 0 saturated carbocycles. The predicted molar refractivity (Wildman–Crippen MR) is 143 cm³/mol. The third kappa shape index (κ3) is 5.75. The number of aryl methyl sites for hydroxylation is 2. The van der Waals surface area contributed by atoms with E-state index < -0.39 is 5.91 Å². The fraction of sp³-hybridized carbons (Fsp3) is 0.115. The van der Waals surface area contributed by atoms with Crippen LogP contribution in [-0.4, -0.2) is 21.1 Å². The number of nitrogens with zero attached hydrogens (tertiary/aromatic N) is 1. The molecule has 0 spiro atoms. The summed E-state index contributed by atoms with van der Waals surface area (Å²) in [5, 5.41) is 1.11. The zero-order chi connectivity index (χ0) is 24.2. The Kier molecular flexibility index (Phi) is 7.50. The van der Waals surface area contributed by atoms with Gasteiger partial charge in [0.1, 0.15) is 12.4 Å². The van der Waals surface area contributed by atoms with Crippen molar-refractivity contribution < 1.29 is 14.3 Å². The zero-order valence-electron chi connectivity index (χ0n) is 18.5. The van der Waals surface area contributed by atoms with Gasteiger partial charge in [-0.25, -0.2) is 0 Å². The van der Waals surface area contributed by atoms with Crippen molar-refractivity contribution >= 4 is 62.1 Å². The van der Waals surface area contributed by atoms with Crippen LogP contribution in [0, 0.1) is 13.8 Å². The van der Waals surface area contributed by atoms with Crippen LogP contribution in [0.4, 0.5) is 0 Å². The molecular formula is C26H21BrN2O3S2. The fourth-order valence-electron chi connectivity index (χ4n) is 3.19. The van der Waals surface area contributed by atoms with Gasteiger partial charge >= 0.3 is 0 Å². The Morgan fingerprint density at radius 3 is 2.38 bits per heavy atom. The highest BCUT2D eigenvalue weighted by Gasteiger charge is 2.34. The molecule has 2 amide bonds. The minimum atomic E-state index is -0.401. The maximum absolute atomic E-state index is 13.0. The highest BCUT2D eigenvalue weighted by Crippen LogP contribution is 2.34. The Bertz CT molecular complexity index is 1290. The number of carbonyl (C=O) groups is 2. The number of hydrogen-bond donors (Lipinski definition) is 1. The number of ether oxygens (including phenoxy) is 1. The molecule has 0 aliphatic carbocycles. The first kappa shape index (κ1) is 24.2. The lowest BCUT2D eigenvalue weighted by molar-refractivity contribution is -0.123. The molecule has 1 fully saturated rings. The van der Waals surface area contributed by atoms with Gasteiger partial charge in [0.2, 0.25) is 0 Å². The van der Waals surface area contributed by atoms with Gasteiger partial charge in [-0.1, -0.05) is 75.2 Å². The van der Waals surface area contributed by atoms with Gasteiger partial charge in [0, 0.05) is 15.6 Å². The average molecular weight is 554 g/mol. The number of rotatable bonds is 6. The van der Waals surface area contributed by atoms with Gasteiger partial charge in [0.15, 0.2) is 4.32 Å². The van der Waals surface area contributed by atoms with E-state index in [9.17, 15) is 9.59 Å². The van der Waals surface area contributed by atoms with Crippen LogP contribution in [0.5, 0.6) is 5.75 Å². The molecule has 5 nitrogen and oxygen atoms in total. The van der Waals surface area contributed by atoms with Crippen LogP contribution in [0.3, 0.4) is 0 Å². The van der Waals surface area contributed by atoms with Crippen molar-refractivity contribution in [3.63, 3.8) is 0 Å². The molecule has 3 aromatic rings. The van der Waals surface area contributed by atoms with Crippen LogP contribution in [0.25, 0.3) is 6.08 Å². The quantitative estimate of drug-likeness (QED) is 0.292. The molecule has 1 N–H and O–H groups in total. The molecule has 34 heavy (non-hydrogen) atoms. The molecule has 8 heteroatoms. The van der Waals surface area contributed by atoms with Gasteiger partial charge < -0.3 is 4.74 Å². The topological polar surface area (TPSA) is 58.6 Å². The highest BCUT2D eigenvalue weighted by atomic mass is 79.9. The van der Waals surface area contributed by atoms with E-state index in [0.29, 0.717) is 22.8 Å². The second-order valence-electron chi connectivity index (χ2n) is 7.78. The summed E-state index contributed by atoms with van der Waals surface area (Å²) in [6.07, 6.45) is 1.73. The van der Waals surface area contributed by atoms with Crippen molar-refractivity contribution in [1.82, 2.24) is 10.4 Å². The van der Waals surface area contributed by atoms with Crippen molar-refractivity contribution in [1.29, 1.82) is 0 Å². The standard InChI is InChI=1S/C26H21BrN2O3S2/c1-16-3-7-18(8-4-16)15-32-22-12-11-21(27)13-20(22)14-23-25(31)29(26(33)34-23)28-24(30)19-9-5-17(2)6-10-19/h3-14H,15H2,1-2H3,(H,28,30)/b23-14+. The van der Waals surface area contributed by atoms with E-state index in [1.807, 2.05) is 68.4 Å². The second kappa shape index (κ2) is 10.5. The summed E-state index contributed by atoms with van der Waals surface area (Å²) in [4.78, 5) is 26.0. The van der Waals surface area contributed by atoms with Gasteiger partial charge in [-0.05, 0) is 68.0 Å². The third-order valence-electron chi connectivity index (χ3n) is 5.09. The minimum Gasteiger partial charge on any atom is -0.488 e. The normalized spacial score (nSPS) is 14.6. The summed E-state index contributed by atoms with van der Waals surface area (Å²) in [5.41, 5.74) is 7.06. The van der Waals surface area contributed by atoms with Crippen molar-refractivity contribution in [2.24, 2.45) is 0 Å². The first-order chi connectivity index (χ1) is 16.3. The maximum Gasteiger partial charge on any atom is 0.285 e. The fourth-order valence-corrected chi connectivity index (χ4v) is 4.73. The molecule has 1 aliphatic heterocycles. The monoisotopic (exact) mass is 552 g/mol. The molecule has 1 saturated heterocycles. The molecule has 172 valence electrons. The minimum absolute atomic E-state index is 0.258. The molecular weight excluding hydrogens is 532 g/mol. The summed E-state index contributed by atoms with van der Waals surface area (Å²) in [5.74, 6) is -0.153. The van der Waals surface area contributed by atoms with E-state index in [1.165, 1.54) is 5.56 Å². The Morgan fingerprint density at radius 2 is 1.71 bits per heavy atom. The first-order valence-electron chi connectivity index (χ1n) is 10.4. The molecule has 0 atom stereocenters. The number of thioether (sulfide) groups is 1. The number of carbonyl (C=O) groups excluding carboxylic acids is 2. The summed E-state index contributed by atoms with van der Waals surface area (Å²) in [6.45, 7) is 4.38. The second-order valence-corrected chi connectivity index (χ2v) is 10.4. The van der Waals surface area contributed by atoms with Crippen LogP contribution in [-0.2, 0) is 11.4 Å². The number of halogens is 1. The number of amides is 2. The smallest absolute Gasteiger partial charge is 0.285 e. The summed E-state index contributed by atoms with van der Waals surface area (Å²) < 4.78 is 7.16. The SMILES string of the molecule is Cc1ccc(COc2ccc(Br)cc2/C=C2/SC(=S)N(NC(=O)c3ccc(C)cc3)C2=O)cc1. The van der Waals surface area contributed by atoms with E-state index >= 15 is 0 Å². The molecule has 0 radical (unpaired) electrons. The first-order valence-corrected chi connectivity index (χ1v) is 12.5. The van der Waals surface area contributed by atoms with E-state index in [0.717, 1.165) is 37.9 Å². The Balaban J connectivity index is 1.52. The lowest BCUT2D eigenvalue weighted by Gasteiger charge is -2.15. The predicted octanol–water partition coefficient (Wildman–Crippen LogP) is 6.19. The Hall–Kier alpha value is -2.94. The van der Waals surface area contributed by atoms with E-state index in [-0.39, 0.29) is 10.2 Å². The third-order valence-corrected chi connectivity index (χ3v) is 6.89. The molecule has 0 bridgehead atoms. The summed E-state index contributed by atoms with van der Waals surface area (Å²) >= 11 is 9.97. The Labute approximate surface area is 216 Å². The number of hydrogen-bond acceptors (Lipinski definition) is 5. The molecule has 0 aromatic heterocycles. The van der Waals surface area contributed by atoms with Gasteiger partial charge in [-0.2, -0.15) is 5.01 Å². The van der Waals surface area contributed by atoms with E-state index in [2.05, 4.69) is 21.4 Å². The van der Waals surface area contributed by atoms with Crippen molar-refractivity contribution in [2.45, 2.75) is 20.5 Å². The van der Waals surface area contributed by atoms with Crippen molar-refractivity contribution in [3.05, 3.63) is 104 Å². The van der Waals surface area contributed by atoms with Crippen LogP contribution < -0.4 is 10.2 Å². The van der Waals surface area contributed by atoms with Crippen LogP contribution >= 0.6 is 39.9 Å². The lowest BCUT2D eigenvalue weighted by Crippen LogP contribution is -2.44. The lowest BCUT2D eigenvalue weighted by atomic mass is 10.1. The van der Waals surface area contributed by atoms with Gasteiger partial charge in [0.05, 0.1) is 4.91 Å². The van der Waals surface area contributed by atoms with Crippen LogP contribution in [0.1, 0.15) is 32.6 Å². The molecule has 3 aromatic carbocycles. The molecule has 0 unspecified atom stereocenters. The maximum atomic E-state index is 13.0. The molecule has 1 aliphatic rings. The van der Waals surface area contributed by atoms with E-state index in [4.69, 9.17) is 17.0 Å². The number of nitrogens with one attached hydrogen (secondary N) is 1. The summed E-state index contributed by atoms with van der Waals surface area (Å²) in [7, 11) is 0. The number of thiocarbonyl (C=S) groups is 1. The van der Waals surface area contributed by atoms with Crippen molar-refractivity contribution in [3.8, 4) is 5.75 Å². The zero-order valence-corrected chi connectivity index (χ0v) is 21.7.